The molecule has 2 aromatic rings. The minimum Gasteiger partial charge on any atom is -0.508 e. The Morgan fingerprint density at radius 1 is 1.00 bits per heavy atom. The monoisotopic (exact) mass is 427 g/mol. The maximum atomic E-state index is 11.1. The minimum atomic E-state index is -0.310. The molecule has 3 N–H and O–H groups in total. The molecule has 1 heterocycles. The zero-order valence-corrected chi connectivity index (χ0v) is 18.5. The van der Waals surface area contributed by atoms with Crippen LogP contribution in [0.25, 0.3) is 0 Å². The Kier molecular flexibility index (Phi) is 4.89. The van der Waals surface area contributed by atoms with E-state index in [0.29, 0.717) is 0 Å². The molecule has 0 fully saturated rings. The van der Waals surface area contributed by atoms with Gasteiger partial charge < -0.3 is 15.3 Å². The van der Waals surface area contributed by atoms with E-state index in [1.165, 1.54) is 11.1 Å². The Morgan fingerprint density at radius 3 is 2.16 bits per heavy atom. The van der Waals surface area contributed by atoms with E-state index in [-0.39, 0.29) is 35.4 Å². The van der Waals surface area contributed by atoms with E-state index in [1.807, 2.05) is 19.1 Å². The molecular formula is C28H29NO3. The Morgan fingerprint density at radius 2 is 1.62 bits per heavy atom. The molecule has 4 heteroatoms. The van der Waals surface area contributed by atoms with Gasteiger partial charge in [0.25, 0.3) is 0 Å². The Bertz CT molecular complexity index is 1180. The summed E-state index contributed by atoms with van der Waals surface area (Å²) in [6, 6.07) is 7.02. The largest absolute Gasteiger partial charge is 0.508 e. The molecule has 5 rings (SSSR count). The van der Waals surface area contributed by atoms with Crippen molar-refractivity contribution in [2.24, 2.45) is 0 Å². The number of benzene rings is 1. The van der Waals surface area contributed by atoms with E-state index in [2.05, 4.69) is 43.9 Å². The van der Waals surface area contributed by atoms with Crippen molar-refractivity contribution >= 4 is 0 Å². The van der Waals surface area contributed by atoms with Crippen LogP contribution in [-0.2, 0) is 6.42 Å². The second-order valence-electron chi connectivity index (χ2n) is 9.32. The van der Waals surface area contributed by atoms with Crippen molar-refractivity contribution in [2.75, 3.05) is 0 Å². The number of allylic oxidation sites excluding steroid dienone is 9. The van der Waals surface area contributed by atoms with Crippen molar-refractivity contribution in [3.05, 3.63) is 100 Å². The highest BCUT2D eigenvalue weighted by molar-refractivity contribution is 5.60. The fourth-order valence-electron chi connectivity index (χ4n) is 5.47. The number of aromatic nitrogens is 1. The number of hydrogen-bond acceptors (Lipinski definition) is 3. The molecule has 0 aliphatic heterocycles. The molecule has 164 valence electrons. The van der Waals surface area contributed by atoms with Crippen LogP contribution in [-0.4, -0.2) is 19.9 Å². The van der Waals surface area contributed by atoms with Gasteiger partial charge in [0.1, 0.15) is 5.75 Å². The van der Waals surface area contributed by atoms with Crippen LogP contribution < -0.4 is 0 Å². The fourth-order valence-corrected chi connectivity index (χ4v) is 5.47. The van der Waals surface area contributed by atoms with E-state index in [9.17, 15) is 15.3 Å². The van der Waals surface area contributed by atoms with Gasteiger partial charge in [0, 0.05) is 23.0 Å². The number of hydrogen-bond donors (Lipinski definition) is 3. The average molecular weight is 428 g/mol. The lowest BCUT2D eigenvalue weighted by Gasteiger charge is -2.25. The molecule has 1 aromatic heterocycles. The first-order valence-corrected chi connectivity index (χ1v) is 11.2. The standard InChI is InChI=1S/C28H29NO3/c1-16(2)26(29-27(31)24-21-10-11-22(15-21)25(24)28(29)32)20-8-6-19(7-9-20)17(3)14-18-4-12-23(30)13-5-18/h4-6,8-13,21-22,26,30-32H,1,7,14-15H2,2-3H3. The first kappa shape index (κ1) is 20.5. The summed E-state index contributed by atoms with van der Waals surface area (Å²) < 4.78 is 1.66. The van der Waals surface area contributed by atoms with Crippen molar-refractivity contribution < 1.29 is 15.3 Å². The third-order valence-corrected chi connectivity index (χ3v) is 7.08. The third-order valence-electron chi connectivity index (χ3n) is 7.08. The summed E-state index contributed by atoms with van der Waals surface area (Å²) in [4.78, 5) is 0. The molecule has 0 saturated heterocycles. The van der Waals surface area contributed by atoms with Gasteiger partial charge in [-0.25, -0.2) is 0 Å². The summed E-state index contributed by atoms with van der Waals surface area (Å²) in [5.41, 5.74) is 7.36. The lowest BCUT2D eigenvalue weighted by Crippen LogP contribution is -2.13. The number of rotatable bonds is 5. The molecule has 1 aromatic carbocycles. The van der Waals surface area contributed by atoms with E-state index < -0.39 is 0 Å². The highest BCUT2D eigenvalue weighted by Gasteiger charge is 2.42. The van der Waals surface area contributed by atoms with Crippen molar-refractivity contribution in [1.29, 1.82) is 0 Å². The highest BCUT2D eigenvalue weighted by atomic mass is 16.3. The van der Waals surface area contributed by atoms with Crippen LogP contribution in [0.5, 0.6) is 17.5 Å². The normalized spacial score (nSPS) is 23.2. The molecular weight excluding hydrogens is 398 g/mol. The van der Waals surface area contributed by atoms with E-state index in [1.54, 1.807) is 16.7 Å². The predicted molar refractivity (Wildman–Crippen MR) is 127 cm³/mol. The summed E-state index contributed by atoms with van der Waals surface area (Å²) in [6.45, 7) is 8.26. The molecule has 4 nitrogen and oxygen atoms in total. The summed E-state index contributed by atoms with van der Waals surface area (Å²) in [5.74, 6) is 1.01. The lowest BCUT2D eigenvalue weighted by molar-refractivity contribution is 0.355. The molecule has 32 heavy (non-hydrogen) atoms. The third kappa shape index (κ3) is 3.22. The molecule has 3 aliphatic rings. The molecule has 0 saturated carbocycles. The van der Waals surface area contributed by atoms with E-state index >= 15 is 0 Å². The van der Waals surface area contributed by atoms with Crippen LogP contribution in [0.15, 0.2) is 83.5 Å². The molecule has 0 radical (unpaired) electrons. The van der Waals surface area contributed by atoms with Crippen LogP contribution in [0, 0.1) is 0 Å². The predicted octanol–water partition coefficient (Wildman–Crippen LogP) is 6.31. The van der Waals surface area contributed by atoms with Crippen LogP contribution in [0.1, 0.15) is 61.3 Å². The molecule has 3 aliphatic carbocycles. The number of aromatic hydroxyl groups is 3. The fraction of sp³-hybridized carbons (Fsp3) is 0.286. The van der Waals surface area contributed by atoms with Gasteiger partial charge in [0.15, 0.2) is 11.8 Å². The van der Waals surface area contributed by atoms with Crippen LogP contribution in [0.2, 0.25) is 0 Å². The van der Waals surface area contributed by atoms with Gasteiger partial charge in [-0.3, -0.25) is 4.57 Å². The number of fused-ring (bicyclic) bond motifs is 5. The van der Waals surface area contributed by atoms with Crippen molar-refractivity contribution in [1.82, 2.24) is 4.57 Å². The van der Waals surface area contributed by atoms with E-state index in [0.717, 1.165) is 47.1 Å². The first-order chi connectivity index (χ1) is 15.3. The van der Waals surface area contributed by atoms with Gasteiger partial charge in [-0.2, -0.15) is 0 Å². The van der Waals surface area contributed by atoms with Crippen LogP contribution >= 0.6 is 0 Å². The molecule has 3 atom stereocenters. The molecule has 0 amide bonds. The van der Waals surface area contributed by atoms with Gasteiger partial charge in [-0.05, 0) is 62.0 Å². The second kappa shape index (κ2) is 7.63. The summed E-state index contributed by atoms with van der Waals surface area (Å²) in [7, 11) is 0. The smallest absolute Gasteiger partial charge is 0.198 e. The summed E-state index contributed by atoms with van der Waals surface area (Å²) in [5, 5.41) is 31.6. The molecule has 3 unspecified atom stereocenters. The molecule has 2 bridgehead atoms. The van der Waals surface area contributed by atoms with Crippen molar-refractivity contribution in [3.8, 4) is 17.5 Å². The Balaban J connectivity index is 1.43. The maximum absolute atomic E-state index is 11.1. The van der Waals surface area contributed by atoms with Gasteiger partial charge in [0.2, 0.25) is 0 Å². The van der Waals surface area contributed by atoms with Crippen molar-refractivity contribution in [2.45, 2.75) is 51.0 Å². The van der Waals surface area contributed by atoms with Crippen LogP contribution in [0.4, 0.5) is 0 Å². The highest BCUT2D eigenvalue weighted by Crippen LogP contribution is 2.58. The topological polar surface area (TPSA) is 65.6 Å². The van der Waals surface area contributed by atoms with Crippen LogP contribution in [0.3, 0.4) is 0 Å². The maximum Gasteiger partial charge on any atom is 0.198 e. The SMILES string of the molecule is C=C(C)C(C1=CCC(=C(C)Cc2ccc(O)cc2)C=C1)n1c(O)c2c(c1O)C1C=CC2C1. The van der Waals surface area contributed by atoms with Gasteiger partial charge in [0.05, 0.1) is 6.04 Å². The summed E-state index contributed by atoms with van der Waals surface area (Å²) >= 11 is 0. The van der Waals surface area contributed by atoms with Crippen molar-refractivity contribution in [3.63, 3.8) is 0 Å². The minimum absolute atomic E-state index is 0.168. The number of phenolic OH excluding ortho intramolecular Hbond substituents is 1. The number of phenols is 1. The second-order valence-corrected chi connectivity index (χ2v) is 9.32. The quantitative estimate of drug-likeness (QED) is 0.490. The average Bonchev–Trinajstić information content (AvgIpc) is 3.46. The Labute approximate surface area is 188 Å². The zero-order valence-electron chi connectivity index (χ0n) is 18.5. The first-order valence-electron chi connectivity index (χ1n) is 11.2. The Hall–Kier alpha value is -3.40. The van der Waals surface area contributed by atoms with Gasteiger partial charge in [-0.15, -0.1) is 0 Å². The van der Waals surface area contributed by atoms with E-state index in [4.69, 9.17) is 0 Å². The zero-order chi connectivity index (χ0) is 22.6. The van der Waals surface area contributed by atoms with Gasteiger partial charge in [-0.1, -0.05) is 60.2 Å². The number of nitrogens with zero attached hydrogens (tertiary/aromatic N) is 1. The summed E-state index contributed by atoms with van der Waals surface area (Å²) in [6.07, 6.45) is 13.2. The van der Waals surface area contributed by atoms with Gasteiger partial charge >= 0.3 is 0 Å². The lowest BCUT2D eigenvalue weighted by atomic mass is 9.90. The molecule has 0 spiro atoms.